The van der Waals surface area contributed by atoms with Crippen molar-refractivity contribution in [3.8, 4) is 5.75 Å². The van der Waals surface area contributed by atoms with E-state index in [1.165, 1.54) is 42.5 Å². The number of phenols is 1. The first-order valence-corrected chi connectivity index (χ1v) is 14.8. The smallest absolute Gasteiger partial charge is 0.335 e. The molecule has 6 rings (SSSR count). The molecule has 4 aliphatic rings. The van der Waals surface area contributed by atoms with Crippen molar-refractivity contribution < 1.29 is 34.2 Å². The normalized spacial score (nSPS) is 32.5. The second-order valence-corrected chi connectivity index (χ2v) is 12.7. The molecule has 0 unspecified atom stereocenters. The largest absolute Gasteiger partial charge is 0.508 e. The number of aromatic hydroxyl groups is 1. The number of benzene rings is 2. The van der Waals surface area contributed by atoms with E-state index in [1.807, 2.05) is 0 Å². The predicted molar refractivity (Wildman–Crippen MR) is 152 cm³/mol. The molecule has 2 aliphatic heterocycles. The summed E-state index contributed by atoms with van der Waals surface area (Å²) in [4.78, 5) is 64.5. The van der Waals surface area contributed by atoms with E-state index in [0.29, 0.717) is 11.1 Å². The molecule has 2 saturated heterocycles. The number of imide groups is 2. The van der Waals surface area contributed by atoms with E-state index < -0.39 is 63.0 Å². The van der Waals surface area contributed by atoms with E-state index in [9.17, 15) is 34.2 Å². The number of carboxylic acids is 1. The summed E-state index contributed by atoms with van der Waals surface area (Å²) in [6.07, 6.45) is 1.69. The molecular formula is C28H20BrCl3N2O7. The number of fused-ring (bicyclic) bond motifs is 4. The lowest BCUT2D eigenvalue weighted by Gasteiger charge is -2.51. The number of rotatable bonds is 4. The third-order valence-corrected chi connectivity index (χ3v) is 10.9. The van der Waals surface area contributed by atoms with Crippen LogP contribution in [-0.4, -0.2) is 59.9 Å². The number of halogens is 4. The van der Waals surface area contributed by atoms with Crippen molar-refractivity contribution in [3.63, 3.8) is 0 Å². The van der Waals surface area contributed by atoms with E-state index in [-0.39, 0.29) is 40.3 Å². The first-order valence-electron chi connectivity index (χ1n) is 12.6. The topological polar surface area (TPSA) is 132 Å². The second kappa shape index (κ2) is 9.55. The Bertz CT molecular complexity index is 1610. The molecule has 2 N–H and O–H groups in total. The minimum atomic E-state index is -2.02. The van der Waals surface area contributed by atoms with Gasteiger partial charge in [0.25, 0.3) is 11.8 Å². The standard InChI is InChI=1S/C28H20BrCl3N2O7/c29-11-33-25(40)27(31)10-18-15(21(28(27,32)26(33)41)16-5-4-14(35)9-19(16)30)6-7-17-20(18)23(37)34(22(17)36)13-3-1-2-12(8-13)24(38)39/h1-6,8-9,17-18,20-21,35H,7,10-11H2,(H,38,39)/t17-,18+,20-,21+,27+,28-/m0/s1. The van der Waals surface area contributed by atoms with Crippen LogP contribution in [0.1, 0.15) is 34.7 Å². The Morgan fingerprint density at radius 2 is 1.76 bits per heavy atom. The number of likely N-dealkylation sites (tertiary alicyclic amines) is 1. The summed E-state index contributed by atoms with van der Waals surface area (Å²) in [5, 5.41) is 19.5. The number of carbonyl (C=O) groups excluding carboxylic acids is 4. The van der Waals surface area contributed by atoms with Crippen molar-refractivity contribution in [1.29, 1.82) is 0 Å². The van der Waals surface area contributed by atoms with Crippen LogP contribution in [0.5, 0.6) is 5.75 Å². The molecule has 2 heterocycles. The molecule has 0 bridgehead atoms. The molecule has 2 aliphatic carbocycles. The lowest BCUT2D eigenvalue weighted by Crippen LogP contribution is -2.60. The molecule has 0 spiro atoms. The first-order chi connectivity index (χ1) is 19.4. The number of alkyl halides is 3. The van der Waals surface area contributed by atoms with Gasteiger partial charge in [0, 0.05) is 10.9 Å². The molecule has 4 amide bonds. The Kier molecular flexibility index (Phi) is 6.57. The number of allylic oxidation sites excluding steroid dienone is 2. The number of aromatic carboxylic acids is 1. The highest BCUT2D eigenvalue weighted by atomic mass is 79.9. The van der Waals surface area contributed by atoms with E-state index in [0.717, 1.165) is 9.80 Å². The number of hydrogen-bond acceptors (Lipinski definition) is 6. The van der Waals surface area contributed by atoms with Gasteiger partial charge in [-0.2, -0.15) is 0 Å². The minimum absolute atomic E-state index is 0.0798. The zero-order chi connectivity index (χ0) is 29.6. The van der Waals surface area contributed by atoms with Gasteiger partial charge in [-0.3, -0.25) is 29.0 Å². The molecule has 2 aromatic carbocycles. The maximum atomic E-state index is 14.0. The molecular weight excluding hydrogens is 663 g/mol. The summed E-state index contributed by atoms with van der Waals surface area (Å²) < 4.78 is 0. The highest BCUT2D eigenvalue weighted by Gasteiger charge is 2.76. The number of amides is 4. The van der Waals surface area contributed by atoms with Gasteiger partial charge in [-0.15, -0.1) is 23.2 Å². The quantitative estimate of drug-likeness (QED) is 0.208. The molecule has 13 heteroatoms. The molecule has 2 aromatic rings. The fraction of sp³-hybridized carbons (Fsp3) is 0.321. The molecule has 0 radical (unpaired) electrons. The highest BCUT2D eigenvalue weighted by molar-refractivity contribution is 9.09. The highest BCUT2D eigenvalue weighted by Crippen LogP contribution is 2.66. The monoisotopic (exact) mass is 680 g/mol. The average Bonchev–Trinajstić information content (AvgIpc) is 3.27. The van der Waals surface area contributed by atoms with E-state index in [4.69, 9.17) is 34.8 Å². The first kappa shape index (κ1) is 28.2. The van der Waals surface area contributed by atoms with Gasteiger partial charge >= 0.3 is 5.97 Å². The van der Waals surface area contributed by atoms with Crippen molar-refractivity contribution in [3.05, 3.63) is 70.3 Å². The van der Waals surface area contributed by atoms with Crippen LogP contribution in [0.4, 0.5) is 5.69 Å². The summed E-state index contributed by atoms with van der Waals surface area (Å²) in [6, 6.07) is 9.69. The van der Waals surface area contributed by atoms with Gasteiger partial charge in [-0.1, -0.05) is 51.3 Å². The van der Waals surface area contributed by atoms with Gasteiger partial charge in [0.05, 0.1) is 28.5 Å². The Morgan fingerprint density at radius 1 is 1.02 bits per heavy atom. The maximum Gasteiger partial charge on any atom is 0.335 e. The number of nitrogens with zero attached hydrogens (tertiary/aromatic N) is 2. The Labute approximate surface area is 256 Å². The Morgan fingerprint density at radius 3 is 2.41 bits per heavy atom. The Balaban J connectivity index is 1.51. The second-order valence-electron chi connectivity index (χ2n) is 10.6. The number of carbonyl (C=O) groups is 5. The van der Waals surface area contributed by atoms with Gasteiger partial charge < -0.3 is 10.2 Å². The molecule has 3 fully saturated rings. The van der Waals surface area contributed by atoms with Crippen LogP contribution in [0.2, 0.25) is 5.02 Å². The van der Waals surface area contributed by atoms with Gasteiger partial charge in [0.15, 0.2) is 9.75 Å². The van der Waals surface area contributed by atoms with E-state index >= 15 is 0 Å². The van der Waals surface area contributed by atoms with Crippen molar-refractivity contribution in [2.75, 3.05) is 10.4 Å². The molecule has 1 saturated carbocycles. The van der Waals surface area contributed by atoms with Crippen LogP contribution in [0.15, 0.2) is 54.1 Å². The fourth-order valence-corrected chi connectivity index (χ4v) is 8.58. The Hall–Kier alpha value is -2.92. The number of anilines is 1. The van der Waals surface area contributed by atoms with Crippen molar-refractivity contribution in [2.24, 2.45) is 17.8 Å². The zero-order valence-corrected chi connectivity index (χ0v) is 24.7. The molecule has 9 nitrogen and oxygen atoms in total. The maximum absolute atomic E-state index is 14.0. The van der Waals surface area contributed by atoms with Crippen molar-refractivity contribution in [1.82, 2.24) is 4.90 Å². The van der Waals surface area contributed by atoms with Crippen LogP contribution >= 0.6 is 50.7 Å². The lowest BCUT2D eigenvalue weighted by molar-refractivity contribution is -0.138. The van der Waals surface area contributed by atoms with Crippen LogP contribution in [-0.2, 0) is 19.2 Å². The van der Waals surface area contributed by atoms with Crippen molar-refractivity contribution in [2.45, 2.75) is 28.5 Å². The van der Waals surface area contributed by atoms with Crippen LogP contribution in [0, 0.1) is 17.8 Å². The molecule has 6 atom stereocenters. The average molecular weight is 683 g/mol. The molecule has 0 aromatic heterocycles. The third-order valence-electron chi connectivity index (χ3n) is 8.66. The minimum Gasteiger partial charge on any atom is -0.508 e. The molecule has 41 heavy (non-hydrogen) atoms. The summed E-state index contributed by atoms with van der Waals surface area (Å²) >= 11 is 24.0. The van der Waals surface area contributed by atoms with Crippen LogP contribution < -0.4 is 4.90 Å². The SMILES string of the molecule is O=C(O)c1cccc(N2C(=O)[C@H]3[C@H](CC=C4[C@H]3C[C@@]3(Cl)C(=O)N(CBr)C(=O)[C@@]3(Cl)[C@H]4c3ccc(O)cc3Cl)C2=O)c1. The van der Waals surface area contributed by atoms with Gasteiger partial charge in [-0.25, -0.2) is 4.79 Å². The summed E-state index contributed by atoms with van der Waals surface area (Å²) in [6.45, 7) is 0. The van der Waals surface area contributed by atoms with Gasteiger partial charge in [-0.05, 0) is 54.7 Å². The summed E-state index contributed by atoms with van der Waals surface area (Å²) in [5.74, 6) is -7.47. The van der Waals surface area contributed by atoms with Gasteiger partial charge in [0.1, 0.15) is 5.75 Å². The predicted octanol–water partition coefficient (Wildman–Crippen LogP) is 4.66. The van der Waals surface area contributed by atoms with E-state index in [1.54, 1.807) is 6.08 Å². The molecule has 212 valence electrons. The van der Waals surface area contributed by atoms with Crippen LogP contribution in [0.3, 0.4) is 0 Å². The number of hydrogen-bond donors (Lipinski definition) is 2. The zero-order valence-electron chi connectivity index (χ0n) is 20.9. The van der Waals surface area contributed by atoms with E-state index in [2.05, 4.69) is 15.9 Å². The van der Waals surface area contributed by atoms with Crippen LogP contribution in [0.25, 0.3) is 0 Å². The third kappa shape index (κ3) is 3.70. The fourth-order valence-electron chi connectivity index (χ4n) is 6.88. The number of phenolic OH excluding ortho intramolecular Hbond substituents is 1. The lowest BCUT2D eigenvalue weighted by atomic mass is 9.56. The van der Waals surface area contributed by atoms with Gasteiger partial charge in [0.2, 0.25) is 11.8 Å². The summed E-state index contributed by atoms with van der Waals surface area (Å²) in [5.41, 5.74) is 0.747. The summed E-state index contributed by atoms with van der Waals surface area (Å²) in [7, 11) is 0. The number of carboxylic acid groups (broad SMARTS) is 1. The van der Waals surface area contributed by atoms with Crippen molar-refractivity contribution >= 4 is 86.0 Å².